The van der Waals surface area contributed by atoms with Crippen LogP contribution in [-0.2, 0) is 0 Å². The second-order valence-corrected chi connectivity index (χ2v) is 6.28. The van der Waals surface area contributed by atoms with Crippen molar-refractivity contribution in [3.8, 4) is 5.75 Å². The molecule has 0 atom stereocenters. The van der Waals surface area contributed by atoms with Gasteiger partial charge in [0, 0.05) is 5.69 Å². The van der Waals surface area contributed by atoms with Crippen molar-refractivity contribution in [3.05, 3.63) is 58.7 Å². The van der Waals surface area contributed by atoms with E-state index < -0.39 is 0 Å². The molecule has 0 aliphatic rings. The van der Waals surface area contributed by atoms with Crippen LogP contribution in [0.5, 0.6) is 5.75 Å². The van der Waals surface area contributed by atoms with Crippen LogP contribution in [0.4, 0.5) is 5.69 Å². The Morgan fingerprint density at radius 2 is 1.65 bits per heavy atom. The van der Waals surface area contributed by atoms with Crippen molar-refractivity contribution in [1.82, 2.24) is 5.32 Å². The molecule has 2 aromatic carbocycles. The highest BCUT2D eigenvalue weighted by Gasteiger charge is 2.01. The molecule has 3 nitrogen and oxygen atoms in total. The highest BCUT2D eigenvalue weighted by Crippen LogP contribution is 2.18. The number of hydrogen-bond acceptors (Lipinski definition) is 2. The summed E-state index contributed by atoms with van der Waals surface area (Å²) < 4.78 is 5.78. The van der Waals surface area contributed by atoms with Crippen LogP contribution >= 0.6 is 12.2 Å². The maximum atomic E-state index is 5.78. The fourth-order valence-corrected chi connectivity index (χ4v) is 2.73. The number of ether oxygens (including phenoxy) is 1. The third-order valence-electron chi connectivity index (χ3n) is 3.46. The van der Waals surface area contributed by atoms with E-state index in [0.717, 1.165) is 17.0 Å². The molecule has 4 heteroatoms. The van der Waals surface area contributed by atoms with Crippen LogP contribution in [0.2, 0.25) is 0 Å². The normalized spacial score (nSPS) is 10.3. The first-order chi connectivity index (χ1) is 10.9. The van der Waals surface area contributed by atoms with E-state index in [1.807, 2.05) is 6.07 Å². The van der Waals surface area contributed by atoms with Gasteiger partial charge in [-0.2, -0.15) is 0 Å². The van der Waals surface area contributed by atoms with Gasteiger partial charge in [0.25, 0.3) is 0 Å². The zero-order valence-electron chi connectivity index (χ0n) is 14.2. The smallest absolute Gasteiger partial charge is 0.170 e. The van der Waals surface area contributed by atoms with Gasteiger partial charge in [-0.05, 0) is 74.8 Å². The molecule has 0 radical (unpaired) electrons. The fraction of sp³-hybridized carbons (Fsp3) is 0.316. The summed E-state index contributed by atoms with van der Waals surface area (Å²) in [7, 11) is 0. The van der Waals surface area contributed by atoms with Gasteiger partial charge in [-0.1, -0.05) is 23.8 Å². The summed E-state index contributed by atoms with van der Waals surface area (Å²) in [6, 6.07) is 12.5. The molecular formula is C19H24N2OS. The summed E-state index contributed by atoms with van der Waals surface area (Å²) >= 11 is 5.32. The minimum Gasteiger partial charge on any atom is -0.491 e. The predicted molar refractivity (Wildman–Crippen MR) is 102 cm³/mol. The first-order valence-corrected chi connectivity index (χ1v) is 8.18. The Labute approximate surface area is 144 Å². The van der Waals surface area contributed by atoms with Crippen LogP contribution in [0.1, 0.15) is 22.3 Å². The molecule has 0 unspecified atom stereocenters. The summed E-state index contributed by atoms with van der Waals surface area (Å²) in [6.45, 7) is 9.51. The molecule has 0 heterocycles. The average molecular weight is 328 g/mol. The van der Waals surface area contributed by atoms with Gasteiger partial charge in [0.2, 0.25) is 0 Å². The van der Waals surface area contributed by atoms with E-state index in [-0.39, 0.29) is 0 Å². The van der Waals surface area contributed by atoms with Gasteiger partial charge in [0.15, 0.2) is 5.11 Å². The second-order valence-electron chi connectivity index (χ2n) is 5.87. The molecule has 0 aliphatic heterocycles. The number of rotatable bonds is 5. The van der Waals surface area contributed by atoms with Crippen LogP contribution in [0.15, 0.2) is 36.4 Å². The molecule has 0 saturated carbocycles. The Balaban J connectivity index is 1.76. The summed E-state index contributed by atoms with van der Waals surface area (Å²) in [6.07, 6.45) is 0. The molecule has 2 N–H and O–H groups in total. The lowest BCUT2D eigenvalue weighted by Crippen LogP contribution is -2.32. The zero-order chi connectivity index (χ0) is 16.8. The van der Waals surface area contributed by atoms with Crippen molar-refractivity contribution < 1.29 is 4.74 Å². The Kier molecular flexibility index (Phi) is 5.99. The Morgan fingerprint density at radius 3 is 2.30 bits per heavy atom. The maximum Gasteiger partial charge on any atom is 0.170 e. The van der Waals surface area contributed by atoms with E-state index in [2.05, 4.69) is 68.7 Å². The molecule has 0 spiro atoms. The molecule has 0 saturated heterocycles. The van der Waals surface area contributed by atoms with Crippen molar-refractivity contribution in [2.45, 2.75) is 27.7 Å². The van der Waals surface area contributed by atoms with Gasteiger partial charge in [0.1, 0.15) is 12.4 Å². The topological polar surface area (TPSA) is 33.3 Å². The summed E-state index contributed by atoms with van der Waals surface area (Å²) in [5.41, 5.74) is 5.84. The standard InChI is InChI=1S/C19H24N2OS/c1-13-5-6-18(16(4)10-13)22-8-7-20-19(23)21-17-11-14(2)9-15(3)12-17/h5-6,9-12H,7-8H2,1-4H3,(H2,20,21,23). The first kappa shape index (κ1) is 17.3. The number of anilines is 1. The van der Waals surface area contributed by atoms with Crippen molar-refractivity contribution >= 4 is 23.0 Å². The lowest BCUT2D eigenvalue weighted by Gasteiger charge is -2.13. The van der Waals surface area contributed by atoms with Crippen LogP contribution in [0, 0.1) is 27.7 Å². The van der Waals surface area contributed by atoms with Crippen molar-refractivity contribution in [3.63, 3.8) is 0 Å². The van der Waals surface area contributed by atoms with Crippen LogP contribution in [-0.4, -0.2) is 18.3 Å². The third-order valence-corrected chi connectivity index (χ3v) is 3.70. The molecular weight excluding hydrogens is 304 g/mol. The molecule has 0 bridgehead atoms. The maximum absolute atomic E-state index is 5.78. The van der Waals surface area contributed by atoms with Crippen molar-refractivity contribution in [2.24, 2.45) is 0 Å². The fourth-order valence-electron chi connectivity index (χ4n) is 2.51. The SMILES string of the molecule is Cc1cc(C)cc(NC(=S)NCCOc2ccc(C)cc2C)c1. The monoisotopic (exact) mass is 328 g/mol. The number of thiocarbonyl (C=S) groups is 1. The first-order valence-electron chi connectivity index (χ1n) is 7.77. The van der Waals surface area contributed by atoms with Crippen LogP contribution in [0.25, 0.3) is 0 Å². The summed E-state index contributed by atoms with van der Waals surface area (Å²) in [4.78, 5) is 0. The van der Waals surface area contributed by atoms with Gasteiger partial charge in [-0.25, -0.2) is 0 Å². The van der Waals surface area contributed by atoms with Crippen LogP contribution in [0.3, 0.4) is 0 Å². The quantitative estimate of drug-likeness (QED) is 0.634. The van der Waals surface area contributed by atoms with Gasteiger partial charge in [-0.3, -0.25) is 0 Å². The number of aryl methyl sites for hydroxylation is 4. The van der Waals surface area contributed by atoms with Gasteiger partial charge >= 0.3 is 0 Å². The Morgan fingerprint density at radius 1 is 0.957 bits per heavy atom. The molecule has 2 aromatic rings. The highest BCUT2D eigenvalue weighted by atomic mass is 32.1. The largest absolute Gasteiger partial charge is 0.491 e. The Hall–Kier alpha value is -2.07. The molecule has 0 aliphatic carbocycles. The van der Waals surface area contributed by atoms with E-state index in [9.17, 15) is 0 Å². The van der Waals surface area contributed by atoms with Gasteiger partial charge in [0.05, 0.1) is 6.54 Å². The van der Waals surface area contributed by atoms with Crippen molar-refractivity contribution in [1.29, 1.82) is 0 Å². The van der Waals surface area contributed by atoms with Gasteiger partial charge in [-0.15, -0.1) is 0 Å². The highest BCUT2D eigenvalue weighted by molar-refractivity contribution is 7.80. The predicted octanol–water partition coefficient (Wildman–Crippen LogP) is 4.29. The molecule has 23 heavy (non-hydrogen) atoms. The van der Waals surface area contributed by atoms with E-state index in [4.69, 9.17) is 17.0 Å². The minimum atomic E-state index is 0.568. The molecule has 0 aromatic heterocycles. The lowest BCUT2D eigenvalue weighted by molar-refractivity contribution is 0.320. The summed E-state index contributed by atoms with van der Waals surface area (Å²) in [5, 5.41) is 6.98. The minimum absolute atomic E-state index is 0.568. The molecule has 0 amide bonds. The third kappa shape index (κ3) is 5.57. The lowest BCUT2D eigenvalue weighted by atomic mass is 10.1. The summed E-state index contributed by atoms with van der Waals surface area (Å²) in [5.74, 6) is 0.922. The molecule has 0 fully saturated rings. The van der Waals surface area contributed by atoms with Crippen LogP contribution < -0.4 is 15.4 Å². The van der Waals surface area contributed by atoms with Gasteiger partial charge < -0.3 is 15.4 Å². The average Bonchev–Trinajstić information content (AvgIpc) is 2.44. The van der Waals surface area contributed by atoms with E-state index in [0.29, 0.717) is 18.3 Å². The second kappa shape index (κ2) is 7.97. The Bertz CT molecular complexity index is 678. The van der Waals surface area contributed by atoms with Crippen molar-refractivity contribution in [2.75, 3.05) is 18.5 Å². The number of hydrogen-bond donors (Lipinski definition) is 2. The zero-order valence-corrected chi connectivity index (χ0v) is 15.0. The number of benzene rings is 2. The van der Waals surface area contributed by atoms with E-state index in [1.165, 1.54) is 16.7 Å². The number of nitrogens with one attached hydrogen (secondary N) is 2. The van der Waals surface area contributed by atoms with E-state index >= 15 is 0 Å². The van der Waals surface area contributed by atoms with E-state index in [1.54, 1.807) is 0 Å². The molecule has 122 valence electrons. The molecule has 2 rings (SSSR count).